The summed E-state index contributed by atoms with van der Waals surface area (Å²) in [4.78, 5) is 31.3. The van der Waals surface area contributed by atoms with E-state index in [0.717, 1.165) is 16.5 Å². The van der Waals surface area contributed by atoms with Crippen LogP contribution in [0.25, 0.3) is 11.0 Å². The van der Waals surface area contributed by atoms with Crippen molar-refractivity contribution >= 4 is 16.9 Å². The van der Waals surface area contributed by atoms with Crippen LogP contribution in [0.4, 0.5) is 0 Å². The van der Waals surface area contributed by atoms with E-state index in [9.17, 15) is 9.59 Å². The van der Waals surface area contributed by atoms with E-state index < -0.39 is 11.6 Å². The molecule has 0 saturated heterocycles. The smallest absolute Gasteiger partial charge is 0.358 e. The third-order valence-corrected chi connectivity index (χ3v) is 3.58. The van der Waals surface area contributed by atoms with Crippen LogP contribution in [-0.4, -0.2) is 15.9 Å². The number of carbonyl (C=O) groups is 1. The van der Waals surface area contributed by atoms with Gasteiger partial charge in [-0.05, 0) is 37.1 Å². The molecule has 23 heavy (non-hydrogen) atoms. The topological polar surface area (TPSA) is 82.3 Å². The van der Waals surface area contributed by atoms with Gasteiger partial charge in [0.1, 0.15) is 12.2 Å². The Hall–Kier alpha value is -3.02. The highest BCUT2D eigenvalue weighted by Crippen LogP contribution is 2.22. The standard InChI is InChI=1S/C17H14N2O4/c1-10-5-13-12(7-16(20)23-15(13)6-11(10)2)9-22-17(21)14-8-18-3-4-19-14/h3-8H,9H2,1-2H3. The molecule has 0 atom stereocenters. The predicted octanol–water partition coefficient (Wildman–Crippen LogP) is 2.56. The molecule has 0 aliphatic carbocycles. The van der Waals surface area contributed by atoms with E-state index in [-0.39, 0.29) is 12.3 Å². The third-order valence-electron chi connectivity index (χ3n) is 3.58. The molecule has 3 rings (SSSR count). The Balaban J connectivity index is 1.92. The number of benzene rings is 1. The number of aromatic nitrogens is 2. The molecule has 6 heteroatoms. The minimum Gasteiger partial charge on any atom is -0.456 e. The molecule has 1 aromatic carbocycles. The number of carbonyl (C=O) groups excluding carboxylic acids is 1. The Bertz CT molecular complexity index is 932. The van der Waals surface area contributed by atoms with Crippen LogP contribution in [0.15, 0.2) is 46.0 Å². The molecule has 0 saturated carbocycles. The predicted molar refractivity (Wildman–Crippen MR) is 83.1 cm³/mol. The molecule has 116 valence electrons. The number of rotatable bonds is 3. The number of ether oxygens (including phenoxy) is 1. The summed E-state index contributed by atoms with van der Waals surface area (Å²) in [6.07, 6.45) is 4.21. The minimum absolute atomic E-state index is 0.0417. The average molecular weight is 310 g/mol. The summed E-state index contributed by atoms with van der Waals surface area (Å²) in [6, 6.07) is 5.06. The van der Waals surface area contributed by atoms with E-state index in [1.807, 2.05) is 19.9 Å². The van der Waals surface area contributed by atoms with Crippen molar-refractivity contribution in [3.8, 4) is 0 Å². The Morgan fingerprint density at radius 1 is 1.17 bits per heavy atom. The van der Waals surface area contributed by atoms with E-state index in [1.54, 1.807) is 6.07 Å². The van der Waals surface area contributed by atoms with Gasteiger partial charge in [0, 0.05) is 29.4 Å². The van der Waals surface area contributed by atoms with E-state index in [1.165, 1.54) is 24.7 Å². The molecule has 2 heterocycles. The molecular weight excluding hydrogens is 296 g/mol. The zero-order valence-electron chi connectivity index (χ0n) is 12.7. The van der Waals surface area contributed by atoms with Crippen LogP contribution >= 0.6 is 0 Å². The van der Waals surface area contributed by atoms with Crippen LogP contribution in [0, 0.1) is 13.8 Å². The van der Waals surface area contributed by atoms with Gasteiger partial charge in [0.05, 0.1) is 6.20 Å². The lowest BCUT2D eigenvalue weighted by Gasteiger charge is -2.09. The highest BCUT2D eigenvalue weighted by molar-refractivity contribution is 5.87. The zero-order chi connectivity index (χ0) is 16.4. The summed E-state index contributed by atoms with van der Waals surface area (Å²) in [5, 5.41) is 0.750. The first-order valence-electron chi connectivity index (χ1n) is 7.02. The summed E-state index contributed by atoms with van der Waals surface area (Å²) >= 11 is 0. The summed E-state index contributed by atoms with van der Waals surface area (Å²) in [5.74, 6) is -0.594. The quantitative estimate of drug-likeness (QED) is 0.546. The lowest BCUT2D eigenvalue weighted by molar-refractivity contribution is 0.0466. The summed E-state index contributed by atoms with van der Waals surface area (Å²) in [7, 11) is 0. The van der Waals surface area contributed by atoms with Crippen LogP contribution < -0.4 is 5.63 Å². The molecule has 0 unspecified atom stereocenters. The van der Waals surface area contributed by atoms with Crippen LogP contribution in [0.1, 0.15) is 27.2 Å². The van der Waals surface area contributed by atoms with Gasteiger partial charge in [-0.1, -0.05) is 0 Å². The number of hydrogen-bond donors (Lipinski definition) is 0. The maximum Gasteiger partial charge on any atom is 0.358 e. The molecule has 0 N–H and O–H groups in total. The first-order chi connectivity index (χ1) is 11.0. The van der Waals surface area contributed by atoms with Crippen molar-refractivity contribution in [2.75, 3.05) is 0 Å². The van der Waals surface area contributed by atoms with Crippen molar-refractivity contribution < 1.29 is 13.9 Å². The third kappa shape index (κ3) is 3.11. The van der Waals surface area contributed by atoms with Gasteiger partial charge in [-0.25, -0.2) is 14.6 Å². The van der Waals surface area contributed by atoms with Crippen LogP contribution in [0.2, 0.25) is 0 Å². The number of nitrogens with zero attached hydrogens (tertiary/aromatic N) is 2. The Kier molecular flexibility index (Phi) is 3.89. The van der Waals surface area contributed by atoms with Gasteiger partial charge >= 0.3 is 11.6 Å². The van der Waals surface area contributed by atoms with E-state index in [2.05, 4.69) is 9.97 Å². The highest BCUT2D eigenvalue weighted by atomic mass is 16.5. The van der Waals surface area contributed by atoms with Crippen molar-refractivity contribution in [3.63, 3.8) is 0 Å². The molecule has 0 amide bonds. The van der Waals surface area contributed by atoms with Gasteiger partial charge in [-0.15, -0.1) is 0 Å². The zero-order valence-corrected chi connectivity index (χ0v) is 12.7. The van der Waals surface area contributed by atoms with Crippen molar-refractivity contribution in [1.82, 2.24) is 9.97 Å². The molecule has 0 spiro atoms. The fourth-order valence-corrected chi connectivity index (χ4v) is 2.22. The largest absolute Gasteiger partial charge is 0.456 e. The summed E-state index contributed by atoms with van der Waals surface area (Å²) in [5.41, 5.74) is 2.79. The van der Waals surface area contributed by atoms with Gasteiger partial charge < -0.3 is 9.15 Å². The number of esters is 1. The first-order valence-corrected chi connectivity index (χ1v) is 7.02. The lowest BCUT2D eigenvalue weighted by atomic mass is 10.0. The maximum absolute atomic E-state index is 11.9. The highest BCUT2D eigenvalue weighted by Gasteiger charge is 2.12. The molecule has 0 radical (unpaired) electrons. The minimum atomic E-state index is -0.594. The van der Waals surface area contributed by atoms with Crippen LogP contribution in [0.3, 0.4) is 0 Å². The second-order valence-corrected chi connectivity index (χ2v) is 5.19. The second kappa shape index (κ2) is 6.00. The Morgan fingerprint density at radius 2 is 1.96 bits per heavy atom. The molecule has 3 aromatic rings. The van der Waals surface area contributed by atoms with Gasteiger partial charge in [-0.3, -0.25) is 4.98 Å². The fraction of sp³-hybridized carbons (Fsp3) is 0.176. The summed E-state index contributed by atoms with van der Waals surface area (Å²) < 4.78 is 10.4. The number of fused-ring (bicyclic) bond motifs is 1. The molecule has 0 aliphatic heterocycles. The van der Waals surface area contributed by atoms with Crippen molar-refractivity contribution in [2.45, 2.75) is 20.5 Å². The van der Waals surface area contributed by atoms with Gasteiger partial charge in [-0.2, -0.15) is 0 Å². The molecular formula is C17H14N2O4. The fourth-order valence-electron chi connectivity index (χ4n) is 2.22. The second-order valence-electron chi connectivity index (χ2n) is 5.19. The van der Waals surface area contributed by atoms with Crippen molar-refractivity contribution in [3.05, 3.63) is 69.6 Å². The van der Waals surface area contributed by atoms with Crippen molar-refractivity contribution in [1.29, 1.82) is 0 Å². The first kappa shape index (κ1) is 14.9. The molecule has 2 aromatic heterocycles. The molecule has 6 nitrogen and oxygen atoms in total. The number of hydrogen-bond acceptors (Lipinski definition) is 6. The van der Waals surface area contributed by atoms with Gasteiger partial charge in [0.2, 0.25) is 0 Å². The van der Waals surface area contributed by atoms with Crippen molar-refractivity contribution in [2.24, 2.45) is 0 Å². The van der Waals surface area contributed by atoms with Crippen LogP contribution in [-0.2, 0) is 11.3 Å². The average Bonchev–Trinajstić information content (AvgIpc) is 2.55. The SMILES string of the molecule is Cc1cc2oc(=O)cc(COC(=O)c3cnccn3)c2cc1C. The van der Waals surface area contributed by atoms with E-state index >= 15 is 0 Å². The molecule has 0 bridgehead atoms. The maximum atomic E-state index is 11.9. The van der Waals surface area contributed by atoms with E-state index in [4.69, 9.17) is 9.15 Å². The lowest BCUT2D eigenvalue weighted by Crippen LogP contribution is -2.09. The van der Waals surface area contributed by atoms with Crippen LogP contribution in [0.5, 0.6) is 0 Å². The molecule has 0 aliphatic rings. The van der Waals surface area contributed by atoms with Gasteiger partial charge in [0.25, 0.3) is 0 Å². The van der Waals surface area contributed by atoms with E-state index in [0.29, 0.717) is 11.1 Å². The monoisotopic (exact) mass is 310 g/mol. The molecule has 0 fully saturated rings. The summed E-state index contributed by atoms with van der Waals surface area (Å²) in [6.45, 7) is 3.87. The Labute approximate surface area is 131 Å². The number of aryl methyl sites for hydroxylation is 2. The van der Waals surface area contributed by atoms with Gasteiger partial charge in [0.15, 0.2) is 5.69 Å². The Morgan fingerprint density at radius 3 is 2.70 bits per heavy atom. The normalized spacial score (nSPS) is 10.7.